The van der Waals surface area contributed by atoms with Crippen LogP contribution in [0, 0.1) is 0 Å². The maximum atomic E-state index is 10.2. The van der Waals surface area contributed by atoms with Crippen molar-refractivity contribution in [2.45, 2.75) is 46.3 Å². The highest BCUT2D eigenvalue weighted by Crippen LogP contribution is 2.19. The highest BCUT2D eigenvalue weighted by atomic mass is 16.3. The van der Waals surface area contributed by atoms with Crippen molar-refractivity contribution in [3.8, 4) is 0 Å². The summed E-state index contributed by atoms with van der Waals surface area (Å²) in [6.07, 6.45) is 3.97. The molecule has 5 heteroatoms. The molecule has 0 bridgehead atoms. The van der Waals surface area contributed by atoms with Crippen LogP contribution in [0.2, 0.25) is 0 Å². The summed E-state index contributed by atoms with van der Waals surface area (Å²) >= 11 is 0. The Morgan fingerprint density at radius 1 is 1.41 bits per heavy atom. The Kier molecular flexibility index (Phi) is 8.09. The van der Waals surface area contributed by atoms with Crippen LogP contribution in [0.15, 0.2) is 30.1 Å². The van der Waals surface area contributed by atoms with Gasteiger partial charge in [0.1, 0.15) is 5.82 Å². The van der Waals surface area contributed by atoms with Gasteiger partial charge in [-0.2, -0.15) is 0 Å². The van der Waals surface area contributed by atoms with Crippen LogP contribution in [0.5, 0.6) is 0 Å². The maximum absolute atomic E-state index is 10.2. The van der Waals surface area contributed by atoms with Crippen LogP contribution >= 0.6 is 0 Å². The van der Waals surface area contributed by atoms with Gasteiger partial charge in [-0.05, 0) is 33.3 Å². The summed E-state index contributed by atoms with van der Waals surface area (Å²) in [5.41, 5.74) is 1.93. The molecule has 22 heavy (non-hydrogen) atoms. The summed E-state index contributed by atoms with van der Waals surface area (Å²) in [5, 5.41) is 22.5. The zero-order valence-electron chi connectivity index (χ0n) is 14.1. The monoisotopic (exact) mass is 307 g/mol. The molecular formula is C17H29N3O2. The van der Waals surface area contributed by atoms with Crippen molar-refractivity contribution >= 4 is 5.82 Å². The summed E-state index contributed by atoms with van der Waals surface area (Å²) in [4.78, 5) is 6.57. The number of anilines is 1. The van der Waals surface area contributed by atoms with Crippen LogP contribution in [0.3, 0.4) is 0 Å². The molecular weight excluding hydrogens is 278 g/mol. The minimum Gasteiger partial charge on any atom is -0.395 e. The lowest BCUT2D eigenvalue weighted by Crippen LogP contribution is -2.35. The quantitative estimate of drug-likeness (QED) is 0.653. The van der Waals surface area contributed by atoms with E-state index in [-0.39, 0.29) is 12.6 Å². The number of pyridine rings is 1. The fourth-order valence-electron chi connectivity index (χ4n) is 2.24. The molecule has 0 saturated heterocycles. The van der Waals surface area contributed by atoms with Gasteiger partial charge in [0.25, 0.3) is 0 Å². The Hall–Kier alpha value is -1.43. The zero-order valence-corrected chi connectivity index (χ0v) is 14.1. The second-order valence-corrected chi connectivity index (χ2v) is 5.34. The molecule has 0 radical (unpaired) electrons. The van der Waals surface area contributed by atoms with E-state index in [0.29, 0.717) is 6.54 Å². The molecule has 0 aliphatic carbocycles. The van der Waals surface area contributed by atoms with E-state index in [9.17, 15) is 5.11 Å². The van der Waals surface area contributed by atoms with Gasteiger partial charge in [-0.15, -0.1) is 0 Å². The second kappa shape index (κ2) is 9.56. The molecule has 0 fully saturated rings. The van der Waals surface area contributed by atoms with E-state index in [1.807, 2.05) is 26.0 Å². The largest absolute Gasteiger partial charge is 0.395 e. The second-order valence-electron chi connectivity index (χ2n) is 5.34. The third-order valence-corrected chi connectivity index (χ3v) is 3.90. The van der Waals surface area contributed by atoms with Gasteiger partial charge in [-0.1, -0.05) is 19.1 Å². The molecule has 1 rings (SSSR count). The molecule has 0 spiro atoms. The third-order valence-electron chi connectivity index (χ3n) is 3.90. The first kappa shape index (κ1) is 18.6. The normalized spacial score (nSPS) is 14.7. The van der Waals surface area contributed by atoms with E-state index in [4.69, 9.17) is 5.11 Å². The highest BCUT2D eigenvalue weighted by molar-refractivity contribution is 5.45. The lowest BCUT2D eigenvalue weighted by Gasteiger charge is -2.23. The van der Waals surface area contributed by atoms with Gasteiger partial charge >= 0.3 is 0 Å². The first-order valence-electron chi connectivity index (χ1n) is 7.95. The molecule has 124 valence electrons. The average molecular weight is 307 g/mol. The highest BCUT2D eigenvalue weighted by Gasteiger charge is 2.12. The van der Waals surface area contributed by atoms with Gasteiger partial charge in [-0.25, -0.2) is 4.98 Å². The number of allylic oxidation sites excluding steroid dienone is 2. The predicted molar refractivity (Wildman–Crippen MR) is 90.8 cm³/mol. The molecule has 5 nitrogen and oxygen atoms in total. The van der Waals surface area contributed by atoms with Crippen molar-refractivity contribution < 1.29 is 10.2 Å². The molecule has 1 unspecified atom stereocenters. The minimum atomic E-state index is -0.625. The van der Waals surface area contributed by atoms with Crippen LogP contribution < -0.4 is 10.2 Å². The molecule has 0 aliphatic heterocycles. The Morgan fingerprint density at radius 2 is 2.14 bits per heavy atom. The maximum Gasteiger partial charge on any atom is 0.132 e. The number of hydrogen-bond acceptors (Lipinski definition) is 5. The Balaban J connectivity index is 2.71. The van der Waals surface area contributed by atoms with Crippen molar-refractivity contribution in [2.75, 3.05) is 24.6 Å². The number of nitrogens with one attached hydrogen (secondary N) is 1. The Labute approximate surface area is 133 Å². The standard InChI is InChI=1S/C17H29N3O2/c1-5-13(4)20(7-3)17-9-8-14(10-19-17)16(22)11-18-15(6-2)12-21/h5,8-10,15-16,18,21-22H,6-7,11-12H2,1-4H3/b13-5-/t15-,16?/m0/s1. The van der Waals surface area contributed by atoms with Gasteiger partial charge in [-0.3, -0.25) is 0 Å². The van der Waals surface area contributed by atoms with E-state index in [1.54, 1.807) is 6.20 Å². The Bertz CT molecular complexity index is 455. The van der Waals surface area contributed by atoms with E-state index >= 15 is 0 Å². The summed E-state index contributed by atoms with van der Waals surface area (Å²) in [6, 6.07) is 3.85. The van der Waals surface area contributed by atoms with Crippen molar-refractivity contribution in [3.05, 3.63) is 35.7 Å². The Morgan fingerprint density at radius 3 is 2.59 bits per heavy atom. The molecule has 3 N–H and O–H groups in total. The predicted octanol–water partition coefficient (Wildman–Crippen LogP) is 2.23. The lowest BCUT2D eigenvalue weighted by atomic mass is 10.1. The number of aromatic nitrogens is 1. The zero-order chi connectivity index (χ0) is 16.5. The number of nitrogens with zero attached hydrogens (tertiary/aromatic N) is 2. The van der Waals surface area contributed by atoms with Gasteiger partial charge in [0, 0.05) is 36.6 Å². The SMILES string of the molecule is C/C=C(/C)N(CC)c1ccc(C(O)CN[C@@H](CC)CO)cn1. The summed E-state index contributed by atoms with van der Waals surface area (Å²) in [5.74, 6) is 0.879. The van der Waals surface area contributed by atoms with Crippen molar-refractivity contribution in [3.63, 3.8) is 0 Å². The van der Waals surface area contributed by atoms with Crippen LogP contribution in [-0.4, -0.2) is 40.9 Å². The molecule has 1 aromatic heterocycles. The fraction of sp³-hybridized carbons (Fsp3) is 0.588. The average Bonchev–Trinajstić information content (AvgIpc) is 2.56. The summed E-state index contributed by atoms with van der Waals surface area (Å²) in [7, 11) is 0. The van der Waals surface area contributed by atoms with Gasteiger partial charge < -0.3 is 20.4 Å². The van der Waals surface area contributed by atoms with Crippen LogP contribution in [-0.2, 0) is 0 Å². The van der Waals surface area contributed by atoms with Gasteiger partial charge in [0.2, 0.25) is 0 Å². The summed E-state index contributed by atoms with van der Waals surface area (Å²) < 4.78 is 0. The van der Waals surface area contributed by atoms with Crippen molar-refractivity contribution in [1.82, 2.24) is 10.3 Å². The number of aliphatic hydroxyl groups excluding tert-OH is 2. The molecule has 0 saturated carbocycles. The molecule has 0 amide bonds. The lowest BCUT2D eigenvalue weighted by molar-refractivity contribution is 0.157. The molecule has 2 atom stereocenters. The van der Waals surface area contributed by atoms with E-state index in [2.05, 4.69) is 35.1 Å². The number of aliphatic hydroxyl groups is 2. The van der Waals surface area contributed by atoms with Crippen LogP contribution in [0.25, 0.3) is 0 Å². The van der Waals surface area contributed by atoms with Gasteiger partial charge in [0.05, 0.1) is 12.7 Å². The first-order chi connectivity index (χ1) is 10.6. The smallest absolute Gasteiger partial charge is 0.132 e. The minimum absolute atomic E-state index is 0.0230. The number of hydrogen-bond donors (Lipinski definition) is 3. The van der Waals surface area contributed by atoms with Crippen LogP contribution in [0.4, 0.5) is 5.82 Å². The van der Waals surface area contributed by atoms with E-state index < -0.39 is 6.10 Å². The topological polar surface area (TPSA) is 68.6 Å². The van der Waals surface area contributed by atoms with Crippen molar-refractivity contribution in [1.29, 1.82) is 0 Å². The first-order valence-corrected chi connectivity index (χ1v) is 7.95. The van der Waals surface area contributed by atoms with E-state index in [1.165, 1.54) is 0 Å². The molecule has 0 aliphatic rings. The van der Waals surface area contributed by atoms with Gasteiger partial charge in [0.15, 0.2) is 0 Å². The fourth-order valence-corrected chi connectivity index (χ4v) is 2.24. The van der Waals surface area contributed by atoms with Crippen molar-refractivity contribution in [2.24, 2.45) is 0 Å². The molecule has 1 aromatic rings. The summed E-state index contributed by atoms with van der Waals surface area (Å²) in [6.45, 7) is 9.48. The third kappa shape index (κ3) is 5.09. The molecule has 1 heterocycles. The van der Waals surface area contributed by atoms with E-state index in [0.717, 1.165) is 30.0 Å². The van der Waals surface area contributed by atoms with Crippen LogP contribution in [0.1, 0.15) is 45.8 Å². The molecule has 0 aromatic carbocycles. The number of rotatable bonds is 9.